The molecule has 0 atom stereocenters. The van der Waals surface area contributed by atoms with Crippen LogP contribution in [0.15, 0.2) is 24.4 Å². The molecule has 3 heteroatoms. The van der Waals surface area contributed by atoms with Crippen molar-refractivity contribution in [2.45, 2.75) is 6.42 Å². The summed E-state index contributed by atoms with van der Waals surface area (Å²) in [6, 6.07) is 5.78. The van der Waals surface area contributed by atoms with Crippen LogP contribution >= 0.6 is 0 Å². The molecule has 1 aromatic carbocycles. The van der Waals surface area contributed by atoms with Gasteiger partial charge in [-0.15, -0.1) is 0 Å². The van der Waals surface area contributed by atoms with Gasteiger partial charge in [-0.2, -0.15) is 0 Å². The molecule has 0 fully saturated rings. The van der Waals surface area contributed by atoms with E-state index < -0.39 is 0 Å². The van der Waals surface area contributed by atoms with Gasteiger partial charge in [-0.05, 0) is 29.3 Å². The Kier molecular flexibility index (Phi) is 2.46. The Morgan fingerprint density at radius 2 is 2.20 bits per heavy atom. The Hall–Kier alpha value is -1.77. The van der Waals surface area contributed by atoms with Crippen molar-refractivity contribution in [2.24, 2.45) is 0 Å². The molecule has 15 heavy (non-hydrogen) atoms. The summed E-state index contributed by atoms with van der Waals surface area (Å²) in [5.41, 5.74) is 2.09. The van der Waals surface area contributed by atoms with Gasteiger partial charge in [-0.25, -0.2) is 0 Å². The van der Waals surface area contributed by atoms with Gasteiger partial charge in [0.1, 0.15) is 5.75 Å². The lowest BCUT2D eigenvalue weighted by Gasteiger charge is -2.09. The maximum absolute atomic E-state index is 11.6. The predicted octanol–water partition coefficient (Wildman–Crippen LogP) is 1.68. The van der Waals surface area contributed by atoms with Gasteiger partial charge in [-0.1, -0.05) is 6.07 Å². The summed E-state index contributed by atoms with van der Waals surface area (Å²) in [7, 11) is 3.39. The van der Waals surface area contributed by atoms with E-state index >= 15 is 0 Å². The number of likely N-dealkylation sites (N-methyl/N-ethyl adjacent to an activating group) is 1. The molecule has 0 unspecified atom stereocenters. The molecule has 1 heterocycles. The summed E-state index contributed by atoms with van der Waals surface area (Å²) in [6.07, 6.45) is 4.16. The molecule has 1 amide bonds. The molecule has 3 nitrogen and oxygen atoms in total. The van der Waals surface area contributed by atoms with Crippen molar-refractivity contribution in [1.29, 1.82) is 0 Å². The van der Waals surface area contributed by atoms with E-state index in [1.165, 1.54) is 0 Å². The lowest BCUT2D eigenvalue weighted by Crippen LogP contribution is -2.21. The molecular formula is C12H13NO2. The zero-order valence-electron chi connectivity index (χ0n) is 8.86. The summed E-state index contributed by atoms with van der Waals surface area (Å²) >= 11 is 0. The van der Waals surface area contributed by atoms with Gasteiger partial charge in [0.25, 0.3) is 0 Å². The highest BCUT2D eigenvalue weighted by Gasteiger charge is 2.14. The van der Waals surface area contributed by atoms with Crippen molar-refractivity contribution < 1.29 is 9.53 Å². The first-order chi connectivity index (χ1) is 7.20. The molecule has 0 spiro atoms. The zero-order chi connectivity index (χ0) is 10.8. The minimum absolute atomic E-state index is 0.0956. The van der Waals surface area contributed by atoms with Crippen molar-refractivity contribution in [3.05, 3.63) is 35.5 Å². The first-order valence-corrected chi connectivity index (χ1v) is 4.81. The number of hydrogen-bond donors (Lipinski definition) is 0. The largest absolute Gasteiger partial charge is 0.497 e. The molecule has 0 bridgehead atoms. The van der Waals surface area contributed by atoms with Crippen LogP contribution < -0.4 is 4.74 Å². The lowest BCUT2D eigenvalue weighted by molar-refractivity contribution is -0.126. The molecule has 0 saturated heterocycles. The second-order valence-electron chi connectivity index (χ2n) is 3.56. The highest BCUT2D eigenvalue weighted by Crippen LogP contribution is 2.22. The first-order valence-electron chi connectivity index (χ1n) is 4.81. The van der Waals surface area contributed by atoms with E-state index in [1.807, 2.05) is 24.3 Å². The number of ether oxygens (including phenoxy) is 1. The Bertz CT molecular complexity index is 424. The van der Waals surface area contributed by atoms with Gasteiger partial charge in [0.2, 0.25) is 5.91 Å². The SMILES string of the molecule is COc1ccc2c(c1)CC(=O)N(C)C=C2. The van der Waals surface area contributed by atoms with Gasteiger partial charge in [0.15, 0.2) is 0 Å². The van der Waals surface area contributed by atoms with E-state index in [-0.39, 0.29) is 5.91 Å². The number of amides is 1. The van der Waals surface area contributed by atoms with Crippen LogP contribution in [0.3, 0.4) is 0 Å². The smallest absolute Gasteiger partial charge is 0.230 e. The summed E-state index contributed by atoms with van der Waals surface area (Å²) in [5, 5.41) is 0. The zero-order valence-corrected chi connectivity index (χ0v) is 8.86. The molecule has 2 rings (SSSR count). The van der Waals surface area contributed by atoms with E-state index in [1.54, 1.807) is 25.3 Å². The molecule has 0 aromatic heterocycles. The summed E-state index contributed by atoms with van der Waals surface area (Å²) in [5.74, 6) is 0.887. The van der Waals surface area contributed by atoms with Crippen LogP contribution in [0.25, 0.3) is 6.08 Å². The Morgan fingerprint density at radius 1 is 1.40 bits per heavy atom. The van der Waals surface area contributed by atoms with Crippen LogP contribution in [0.4, 0.5) is 0 Å². The number of carbonyl (C=O) groups excluding carboxylic acids is 1. The van der Waals surface area contributed by atoms with Gasteiger partial charge < -0.3 is 9.64 Å². The normalized spacial score (nSPS) is 14.8. The number of nitrogens with zero attached hydrogens (tertiary/aromatic N) is 1. The summed E-state index contributed by atoms with van der Waals surface area (Å²) in [4.78, 5) is 13.2. The lowest BCUT2D eigenvalue weighted by atomic mass is 10.0. The molecule has 0 saturated carbocycles. The van der Waals surface area contributed by atoms with Crippen LogP contribution in [0.1, 0.15) is 11.1 Å². The highest BCUT2D eigenvalue weighted by molar-refractivity contribution is 5.83. The quantitative estimate of drug-likeness (QED) is 0.695. The second-order valence-corrected chi connectivity index (χ2v) is 3.56. The van der Waals surface area contributed by atoms with Gasteiger partial charge >= 0.3 is 0 Å². The molecule has 0 N–H and O–H groups in total. The number of methoxy groups -OCH3 is 1. The van der Waals surface area contributed by atoms with Gasteiger partial charge in [0, 0.05) is 13.2 Å². The van der Waals surface area contributed by atoms with Crippen molar-refractivity contribution in [1.82, 2.24) is 4.90 Å². The fourth-order valence-electron chi connectivity index (χ4n) is 1.59. The van der Waals surface area contributed by atoms with Crippen molar-refractivity contribution in [3.8, 4) is 5.75 Å². The standard InChI is InChI=1S/C12H13NO2/c1-13-6-5-9-3-4-11(15-2)7-10(9)8-12(13)14/h3-7H,8H2,1-2H3. The fourth-order valence-corrected chi connectivity index (χ4v) is 1.59. The minimum atomic E-state index is 0.0956. The monoisotopic (exact) mass is 203 g/mol. The maximum Gasteiger partial charge on any atom is 0.230 e. The molecule has 0 radical (unpaired) electrons. The fraction of sp³-hybridized carbons (Fsp3) is 0.250. The molecule has 1 aliphatic rings. The van der Waals surface area contributed by atoms with Crippen molar-refractivity contribution in [2.75, 3.05) is 14.2 Å². The van der Waals surface area contributed by atoms with Crippen LogP contribution in [0.5, 0.6) is 5.75 Å². The Labute approximate surface area is 89.0 Å². The minimum Gasteiger partial charge on any atom is -0.497 e. The van der Waals surface area contributed by atoms with E-state index in [0.29, 0.717) is 6.42 Å². The summed E-state index contributed by atoms with van der Waals surface area (Å²) < 4.78 is 5.13. The average Bonchev–Trinajstić information content (AvgIpc) is 2.39. The molecule has 1 aromatic rings. The number of rotatable bonds is 1. The number of hydrogen-bond acceptors (Lipinski definition) is 2. The highest BCUT2D eigenvalue weighted by atomic mass is 16.5. The van der Waals surface area contributed by atoms with Crippen molar-refractivity contribution >= 4 is 12.0 Å². The number of carbonyl (C=O) groups is 1. The maximum atomic E-state index is 11.6. The topological polar surface area (TPSA) is 29.5 Å². The van der Waals surface area contributed by atoms with Gasteiger partial charge in [-0.3, -0.25) is 4.79 Å². The van der Waals surface area contributed by atoms with Crippen LogP contribution in [0, 0.1) is 0 Å². The van der Waals surface area contributed by atoms with E-state index in [0.717, 1.165) is 16.9 Å². The Balaban J connectivity index is 2.43. The Morgan fingerprint density at radius 3 is 2.93 bits per heavy atom. The third-order valence-electron chi connectivity index (χ3n) is 2.56. The third-order valence-corrected chi connectivity index (χ3v) is 2.56. The first kappa shape index (κ1) is 9.77. The van der Waals surface area contributed by atoms with Crippen LogP contribution in [0.2, 0.25) is 0 Å². The molecule has 0 aliphatic carbocycles. The number of benzene rings is 1. The average molecular weight is 203 g/mol. The predicted molar refractivity (Wildman–Crippen MR) is 58.5 cm³/mol. The molecule has 78 valence electrons. The molecule has 1 aliphatic heterocycles. The number of fused-ring (bicyclic) bond motifs is 1. The van der Waals surface area contributed by atoms with Crippen LogP contribution in [-0.4, -0.2) is 25.0 Å². The van der Waals surface area contributed by atoms with E-state index in [2.05, 4.69) is 0 Å². The third kappa shape index (κ3) is 1.86. The van der Waals surface area contributed by atoms with Gasteiger partial charge in [0.05, 0.1) is 13.5 Å². The van der Waals surface area contributed by atoms with E-state index in [9.17, 15) is 4.79 Å². The van der Waals surface area contributed by atoms with E-state index in [4.69, 9.17) is 4.74 Å². The summed E-state index contributed by atoms with van der Waals surface area (Å²) in [6.45, 7) is 0. The van der Waals surface area contributed by atoms with Crippen LogP contribution in [-0.2, 0) is 11.2 Å². The van der Waals surface area contributed by atoms with Crippen molar-refractivity contribution in [3.63, 3.8) is 0 Å². The molecular weight excluding hydrogens is 190 g/mol. The second kappa shape index (κ2) is 3.77.